The van der Waals surface area contributed by atoms with E-state index in [1.54, 1.807) is 17.5 Å². The van der Waals surface area contributed by atoms with Gasteiger partial charge in [-0.05, 0) is 29.6 Å². The van der Waals surface area contributed by atoms with E-state index in [0.29, 0.717) is 4.88 Å². The Morgan fingerprint density at radius 3 is 2.71 bits per heavy atom. The van der Waals surface area contributed by atoms with Gasteiger partial charge in [0.25, 0.3) is 5.91 Å². The molecule has 0 spiro atoms. The van der Waals surface area contributed by atoms with Gasteiger partial charge in [0.15, 0.2) is 0 Å². The number of ether oxygens (including phenoxy) is 1. The predicted molar refractivity (Wildman–Crippen MR) is 87.6 cm³/mol. The number of anilines is 1. The molecule has 24 heavy (non-hydrogen) atoms. The number of carbonyl (C=O) groups excluding carboxylic acids is 3. The third-order valence-corrected chi connectivity index (χ3v) is 3.91. The molecule has 0 aliphatic carbocycles. The molecule has 2 aromatic rings. The predicted octanol–water partition coefficient (Wildman–Crippen LogP) is 2.43. The van der Waals surface area contributed by atoms with Crippen LogP contribution in [0, 0.1) is 5.82 Å². The Morgan fingerprint density at radius 2 is 2.04 bits per heavy atom. The number of methoxy groups -OCH3 is 1. The SMILES string of the molecule is COC(=O)c1ccc(F)c(NC(=O)CCNC(=O)c2cccs2)c1. The molecule has 1 heterocycles. The Labute approximate surface area is 141 Å². The lowest BCUT2D eigenvalue weighted by molar-refractivity contribution is -0.116. The lowest BCUT2D eigenvalue weighted by atomic mass is 10.2. The average molecular weight is 350 g/mol. The van der Waals surface area contributed by atoms with Crippen LogP contribution < -0.4 is 10.6 Å². The zero-order chi connectivity index (χ0) is 17.5. The van der Waals surface area contributed by atoms with Crippen LogP contribution in [0.5, 0.6) is 0 Å². The van der Waals surface area contributed by atoms with Crippen molar-refractivity contribution < 1.29 is 23.5 Å². The van der Waals surface area contributed by atoms with Gasteiger partial charge in [0.2, 0.25) is 5.91 Å². The van der Waals surface area contributed by atoms with Gasteiger partial charge in [-0.2, -0.15) is 0 Å². The highest BCUT2D eigenvalue weighted by molar-refractivity contribution is 7.12. The number of hydrogen-bond donors (Lipinski definition) is 2. The molecule has 0 unspecified atom stereocenters. The molecule has 0 fully saturated rings. The van der Waals surface area contributed by atoms with Crippen molar-refractivity contribution in [2.24, 2.45) is 0 Å². The summed E-state index contributed by atoms with van der Waals surface area (Å²) < 4.78 is 18.2. The van der Waals surface area contributed by atoms with E-state index in [4.69, 9.17) is 0 Å². The number of halogens is 1. The van der Waals surface area contributed by atoms with Crippen LogP contribution >= 0.6 is 11.3 Å². The summed E-state index contributed by atoms with van der Waals surface area (Å²) in [7, 11) is 1.21. The van der Waals surface area contributed by atoms with Gasteiger partial charge in [-0.1, -0.05) is 6.07 Å². The van der Waals surface area contributed by atoms with Crippen LogP contribution in [0.15, 0.2) is 35.7 Å². The highest BCUT2D eigenvalue weighted by Gasteiger charge is 2.13. The third kappa shape index (κ3) is 4.63. The number of nitrogens with one attached hydrogen (secondary N) is 2. The fourth-order valence-electron chi connectivity index (χ4n) is 1.86. The van der Waals surface area contributed by atoms with Gasteiger partial charge in [0.1, 0.15) is 5.82 Å². The summed E-state index contributed by atoms with van der Waals surface area (Å²) in [6.07, 6.45) is -0.0288. The number of hydrogen-bond acceptors (Lipinski definition) is 5. The van der Waals surface area contributed by atoms with Crippen LogP contribution in [0.4, 0.5) is 10.1 Å². The van der Waals surface area contributed by atoms with Crippen molar-refractivity contribution in [1.29, 1.82) is 0 Å². The molecule has 0 aliphatic rings. The Morgan fingerprint density at radius 1 is 1.25 bits per heavy atom. The van der Waals surface area contributed by atoms with Gasteiger partial charge in [0, 0.05) is 13.0 Å². The second-order valence-corrected chi connectivity index (χ2v) is 5.67. The third-order valence-electron chi connectivity index (χ3n) is 3.04. The minimum Gasteiger partial charge on any atom is -0.465 e. The molecule has 0 bridgehead atoms. The van der Waals surface area contributed by atoms with Crippen LogP contribution in [-0.4, -0.2) is 31.4 Å². The molecule has 2 N–H and O–H groups in total. The molecule has 0 radical (unpaired) electrons. The number of amides is 2. The fourth-order valence-corrected chi connectivity index (χ4v) is 2.50. The van der Waals surface area contributed by atoms with E-state index in [0.717, 1.165) is 6.07 Å². The quantitative estimate of drug-likeness (QED) is 0.784. The molecular weight excluding hydrogens is 335 g/mol. The minimum atomic E-state index is -0.668. The van der Waals surface area contributed by atoms with Crippen molar-refractivity contribution in [2.75, 3.05) is 19.0 Å². The zero-order valence-corrected chi connectivity index (χ0v) is 13.6. The van der Waals surface area contributed by atoms with E-state index in [1.807, 2.05) is 0 Å². The van der Waals surface area contributed by atoms with Crippen LogP contribution in [0.1, 0.15) is 26.5 Å². The van der Waals surface area contributed by atoms with Crippen LogP contribution in [-0.2, 0) is 9.53 Å². The molecule has 8 heteroatoms. The Hall–Kier alpha value is -2.74. The summed E-state index contributed by atoms with van der Waals surface area (Å²) in [5.74, 6) is -2.05. The molecule has 6 nitrogen and oxygen atoms in total. The van der Waals surface area contributed by atoms with Gasteiger partial charge >= 0.3 is 5.97 Å². The standard InChI is InChI=1S/C16H15FN2O4S/c1-23-16(22)10-4-5-11(17)12(9-10)19-14(20)6-7-18-15(21)13-3-2-8-24-13/h2-5,8-9H,6-7H2,1H3,(H,18,21)(H,19,20). The zero-order valence-electron chi connectivity index (χ0n) is 12.8. The Balaban J connectivity index is 1.88. The first kappa shape index (κ1) is 17.6. The first-order chi connectivity index (χ1) is 11.5. The molecule has 1 aromatic heterocycles. The van der Waals surface area contributed by atoms with Gasteiger partial charge in [-0.15, -0.1) is 11.3 Å². The fraction of sp³-hybridized carbons (Fsp3) is 0.188. The molecule has 1 aromatic carbocycles. The van der Waals surface area contributed by atoms with E-state index in [-0.39, 0.29) is 30.1 Å². The van der Waals surface area contributed by atoms with E-state index < -0.39 is 17.7 Å². The molecule has 0 saturated carbocycles. The molecule has 2 amide bonds. The maximum Gasteiger partial charge on any atom is 0.337 e. The van der Waals surface area contributed by atoms with Crippen molar-refractivity contribution in [3.05, 3.63) is 52.0 Å². The van der Waals surface area contributed by atoms with E-state index in [2.05, 4.69) is 15.4 Å². The number of rotatable bonds is 6. The van der Waals surface area contributed by atoms with Crippen molar-refractivity contribution in [3.63, 3.8) is 0 Å². The first-order valence-electron chi connectivity index (χ1n) is 7.00. The number of esters is 1. The van der Waals surface area contributed by atoms with E-state index >= 15 is 0 Å². The van der Waals surface area contributed by atoms with Crippen molar-refractivity contribution in [3.8, 4) is 0 Å². The summed E-state index contributed by atoms with van der Waals surface area (Å²) in [4.78, 5) is 35.5. The monoisotopic (exact) mass is 350 g/mol. The largest absolute Gasteiger partial charge is 0.465 e. The van der Waals surface area contributed by atoms with E-state index in [1.165, 1.54) is 30.6 Å². The number of benzene rings is 1. The summed E-state index contributed by atoms with van der Waals surface area (Å²) in [6, 6.07) is 6.96. The molecular formula is C16H15FN2O4S. The van der Waals surface area contributed by atoms with Gasteiger partial charge in [0.05, 0.1) is 23.2 Å². The molecule has 0 saturated heterocycles. The smallest absolute Gasteiger partial charge is 0.337 e. The van der Waals surface area contributed by atoms with Crippen molar-refractivity contribution in [1.82, 2.24) is 5.32 Å². The molecule has 0 atom stereocenters. The van der Waals surface area contributed by atoms with Gasteiger partial charge in [-0.3, -0.25) is 9.59 Å². The van der Waals surface area contributed by atoms with Crippen LogP contribution in [0.3, 0.4) is 0 Å². The maximum atomic E-state index is 13.7. The summed E-state index contributed by atoms with van der Waals surface area (Å²) in [6.45, 7) is 0.112. The highest BCUT2D eigenvalue weighted by atomic mass is 32.1. The van der Waals surface area contributed by atoms with Crippen molar-refractivity contribution >= 4 is 34.8 Å². The van der Waals surface area contributed by atoms with Gasteiger partial charge in [-0.25, -0.2) is 9.18 Å². The van der Waals surface area contributed by atoms with Crippen LogP contribution in [0.2, 0.25) is 0 Å². The Kier molecular flexibility index (Phi) is 6.02. The minimum absolute atomic E-state index is 0.0288. The number of thiophene rings is 1. The molecule has 126 valence electrons. The molecule has 0 aliphatic heterocycles. The second kappa shape index (κ2) is 8.21. The van der Waals surface area contributed by atoms with Crippen molar-refractivity contribution in [2.45, 2.75) is 6.42 Å². The number of carbonyl (C=O) groups is 3. The van der Waals surface area contributed by atoms with Crippen LogP contribution in [0.25, 0.3) is 0 Å². The summed E-state index contributed by atoms with van der Waals surface area (Å²) in [5.41, 5.74) is 0.00711. The lowest BCUT2D eigenvalue weighted by Crippen LogP contribution is -2.27. The first-order valence-corrected chi connectivity index (χ1v) is 7.88. The summed E-state index contributed by atoms with van der Waals surface area (Å²) in [5, 5.41) is 6.74. The normalized spacial score (nSPS) is 10.1. The molecule has 2 rings (SSSR count). The maximum absolute atomic E-state index is 13.7. The Bertz CT molecular complexity index is 747. The second-order valence-electron chi connectivity index (χ2n) is 4.72. The lowest BCUT2D eigenvalue weighted by Gasteiger charge is -2.08. The average Bonchev–Trinajstić information content (AvgIpc) is 3.10. The highest BCUT2D eigenvalue weighted by Crippen LogP contribution is 2.17. The summed E-state index contributed by atoms with van der Waals surface area (Å²) >= 11 is 1.29. The van der Waals surface area contributed by atoms with E-state index in [9.17, 15) is 18.8 Å². The van der Waals surface area contributed by atoms with Gasteiger partial charge < -0.3 is 15.4 Å². The topological polar surface area (TPSA) is 84.5 Å².